The van der Waals surface area contributed by atoms with Crippen molar-refractivity contribution in [3.05, 3.63) is 35.4 Å². The van der Waals surface area contributed by atoms with Crippen LogP contribution in [0.2, 0.25) is 0 Å². The molecule has 0 saturated heterocycles. The molecule has 0 fully saturated rings. The van der Waals surface area contributed by atoms with Crippen LogP contribution in [-0.4, -0.2) is 13.1 Å². The van der Waals surface area contributed by atoms with E-state index >= 15 is 0 Å². The number of nitrogens with two attached hydrogens (primary N) is 1. The van der Waals surface area contributed by atoms with Gasteiger partial charge in [-0.25, -0.2) is 8.78 Å². The molecule has 0 aromatic heterocycles. The van der Waals surface area contributed by atoms with E-state index in [1.807, 2.05) is 0 Å². The topological polar surface area (TPSA) is 38.0 Å². The van der Waals surface area contributed by atoms with Gasteiger partial charge in [-0.15, -0.1) is 0 Å². The van der Waals surface area contributed by atoms with Crippen molar-refractivity contribution in [2.24, 2.45) is 11.7 Å². The van der Waals surface area contributed by atoms with E-state index in [2.05, 4.69) is 19.2 Å². The Kier molecular flexibility index (Phi) is 6.22. The highest BCUT2D eigenvalue weighted by atomic mass is 19.1. The molecule has 0 aliphatic carbocycles. The average molecular weight is 256 g/mol. The van der Waals surface area contributed by atoms with Crippen LogP contribution >= 0.6 is 0 Å². The Balaban J connectivity index is 2.70. The van der Waals surface area contributed by atoms with E-state index in [-0.39, 0.29) is 6.04 Å². The Bertz CT molecular complexity index is 345. The van der Waals surface area contributed by atoms with Crippen LogP contribution in [0.3, 0.4) is 0 Å². The quantitative estimate of drug-likeness (QED) is 0.787. The molecule has 4 heteroatoms. The Labute approximate surface area is 108 Å². The zero-order valence-electron chi connectivity index (χ0n) is 11.0. The number of halogens is 2. The highest BCUT2D eigenvalue weighted by molar-refractivity contribution is 5.21. The minimum atomic E-state index is -0.562. The van der Waals surface area contributed by atoms with E-state index < -0.39 is 11.6 Å². The molecule has 3 N–H and O–H groups in total. The van der Waals surface area contributed by atoms with Gasteiger partial charge in [-0.05, 0) is 30.2 Å². The summed E-state index contributed by atoms with van der Waals surface area (Å²) in [6, 6.07) is 3.34. The smallest absolute Gasteiger partial charge is 0.126 e. The molecule has 0 bridgehead atoms. The standard InChI is InChI=1S/C14H22F2N2/c1-3-10(4-2)9-18-14(8-17)11-5-12(15)7-13(16)6-11/h5-7,10,14,18H,3-4,8-9,17H2,1-2H3. The second kappa shape index (κ2) is 7.44. The van der Waals surface area contributed by atoms with Crippen LogP contribution < -0.4 is 11.1 Å². The lowest BCUT2D eigenvalue weighted by atomic mass is 10.0. The summed E-state index contributed by atoms with van der Waals surface area (Å²) in [5, 5.41) is 3.28. The van der Waals surface area contributed by atoms with Gasteiger partial charge in [-0.2, -0.15) is 0 Å². The van der Waals surface area contributed by atoms with Crippen LogP contribution in [0.5, 0.6) is 0 Å². The molecule has 0 spiro atoms. The lowest BCUT2D eigenvalue weighted by Gasteiger charge is -2.21. The third kappa shape index (κ3) is 4.35. The second-order valence-corrected chi connectivity index (χ2v) is 4.58. The predicted octanol–water partition coefficient (Wildman–Crippen LogP) is 2.99. The Morgan fingerprint density at radius 3 is 2.11 bits per heavy atom. The number of hydrogen-bond donors (Lipinski definition) is 2. The SMILES string of the molecule is CCC(CC)CNC(CN)c1cc(F)cc(F)c1. The minimum absolute atomic E-state index is 0.198. The zero-order valence-corrected chi connectivity index (χ0v) is 11.0. The maximum Gasteiger partial charge on any atom is 0.126 e. The third-order valence-electron chi connectivity index (χ3n) is 3.33. The first-order valence-electron chi connectivity index (χ1n) is 6.50. The fraction of sp³-hybridized carbons (Fsp3) is 0.571. The molecule has 1 rings (SSSR count). The molecule has 1 aromatic carbocycles. The molecule has 102 valence electrons. The molecule has 1 unspecified atom stereocenters. The molecular formula is C14H22F2N2. The molecule has 18 heavy (non-hydrogen) atoms. The van der Waals surface area contributed by atoms with Gasteiger partial charge in [0, 0.05) is 18.7 Å². The van der Waals surface area contributed by atoms with Crippen LogP contribution in [0.1, 0.15) is 38.3 Å². The second-order valence-electron chi connectivity index (χ2n) is 4.58. The van der Waals surface area contributed by atoms with Crippen molar-refractivity contribution in [3.63, 3.8) is 0 Å². The summed E-state index contributed by atoms with van der Waals surface area (Å²) < 4.78 is 26.3. The van der Waals surface area contributed by atoms with Crippen LogP contribution in [0.4, 0.5) is 8.78 Å². The van der Waals surface area contributed by atoms with Gasteiger partial charge in [0.2, 0.25) is 0 Å². The molecule has 0 amide bonds. The van der Waals surface area contributed by atoms with Gasteiger partial charge in [0.1, 0.15) is 11.6 Å². The van der Waals surface area contributed by atoms with Crippen molar-refractivity contribution >= 4 is 0 Å². The first-order chi connectivity index (χ1) is 8.60. The first-order valence-corrected chi connectivity index (χ1v) is 6.50. The van der Waals surface area contributed by atoms with Crippen molar-refractivity contribution < 1.29 is 8.78 Å². The van der Waals surface area contributed by atoms with Gasteiger partial charge in [0.25, 0.3) is 0 Å². The van der Waals surface area contributed by atoms with Gasteiger partial charge in [-0.3, -0.25) is 0 Å². The van der Waals surface area contributed by atoms with Crippen molar-refractivity contribution in [1.82, 2.24) is 5.32 Å². The molecular weight excluding hydrogens is 234 g/mol. The summed E-state index contributed by atoms with van der Waals surface area (Å²) >= 11 is 0. The highest BCUT2D eigenvalue weighted by Crippen LogP contribution is 2.16. The molecule has 2 nitrogen and oxygen atoms in total. The van der Waals surface area contributed by atoms with Crippen molar-refractivity contribution in [2.45, 2.75) is 32.7 Å². The highest BCUT2D eigenvalue weighted by Gasteiger charge is 2.13. The molecule has 0 heterocycles. The van der Waals surface area contributed by atoms with Crippen molar-refractivity contribution in [2.75, 3.05) is 13.1 Å². The summed E-state index contributed by atoms with van der Waals surface area (Å²) in [5.41, 5.74) is 6.24. The molecule has 0 radical (unpaired) electrons. The van der Waals surface area contributed by atoms with Gasteiger partial charge in [0.15, 0.2) is 0 Å². The maximum atomic E-state index is 13.1. The van der Waals surface area contributed by atoms with E-state index in [1.54, 1.807) is 0 Å². The van der Waals surface area contributed by atoms with Gasteiger partial charge in [0.05, 0.1) is 0 Å². The zero-order chi connectivity index (χ0) is 13.5. The first kappa shape index (κ1) is 15.1. The van der Waals surface area contributed by atoms with Crippen LogP contribution in [0.15, 0.2) is 18.2 Å². The normalized spacial score (nSPS) is 13.0. The molecule has 0 aliphatic rings. The molecule has 0 saturated carbocycles. The molecule has 0 aliphatic heterocycles. The summed E-state index contributed by atoms with van der Waals surface area (Å²) in [7, 11) is 0. The predicted molar refractivity (Wildman–Crippen MR) is 70.2 cm³/mol. The van der Waals surface area contributed by atoms with Crippen molar-refractivity contribution in [1.29, 1.82) is 0 Å². The van der Waals surface area contributed by atoms with Crippen LogP contribution in [-0.2, 0) is 0 Å². The third-order valence-corrected chi connectivity index (χ3v) is 3.33. The van der Waals surface area contributed by atoms with E-state index in [0.717, 1.165) is 25.5 Å². The molecule has 1 aromatic rings. The number of hydrogen-bond acceptors (Lipinski definition) is 2. The summed E-state index contributed by atoms with van der Waals surface area (Å²) in [6.45, 7) is 5.40. The van der Waals surface area contributed by atoms with E-state index in [1.165, 1.54) is 12.1 Å². The summed E-state index contributed by atoms with van der Waals surface area (Å²) in [5.74, 6) is -0.557. The van der Waals surface area contributed by atoms with Crippen LogP contribution in [0.25, 0.3) is 0 Å². The number of nitrogens with one attached hydrogen (secondary N) is 1. The average Bonchev–Trinajstić information content (AvgIpc) is 2.33. The fourth-order valence-electron chi connectivity index (χ4n) is 2.00. The fourth-order valence-corrected chi connectivity index (χ4v) is 2.00. The van der Waals surface area contributed by atoms with E-state index in [4.69, 9.17) is 5.73 Å². The van der Waals surface area contributed by atoms with Crippen LogP contribution in [0, 0.1) is 17.6 Å². The minimum Gasteiger partial charge on any atom is -0.329 e. The van der Waals surface area contributed by atoms with Gasteiger partial charge >= 0.3 is 0 Å². The number of rotatable bonds is 7. The van der Waals surface area contributed by atoms with E-state index in [9.17, 15) is 8.78 Å². The van der Waals surface area contributed by atoms with Gasteiger partial charge in [-0.1, -0.05) is 26.7 Å². The Morgan fingerprint density at radius 1 is 1.11 bits per heavy atom. The largest absolute Gasteiger partial charge is 0.329 e. The summed E-state index contributed by atoms with van der Waals surface area (Å²) in [6.07, 6.45) is 2.16. The lowest BCUT2D eigenvalue weighted by Crippen LogP contribution is -2.32. The Morgan fingerprint density at radius 2 is 1.67 bits per heavy atom. The number of benzene rings is 1. The van der Waals surface area contributed by atoms with Gasteiger partial charge < -0.3 is 11.1 Å². The maximum absolute atomic E-state index is 13.1. The lowest BCUT2D eigenvalue weighted by molar-refractivity contribution is 0.412. The monoisotopic (exact) mass is 256 g/mol. The summed E-state index contributed by atoms with van der Waals surface area (Å²) in [4.78, 5) is 0. The Hall–Kier alpha value is -1.00. The van der Waals surface area contributed by atoms with E-state index in [0.29, 0.717) is 18.0 Å². The van der Waals surface area contributed by atoms with Crippen molar-refractivity contribution in [3.8, 4) is 0 Å². The molecule has 1 atom stereocenters.